The quantitative estimate of drug-likeness (QED) is 0.930. The van der Waals surface area contributed by atoms with E-state index in [4.69, 9.17) is 0 Å². The van der Waals surface area contributed by atoms with E-state index in [2.05, 4.69) is 26.1 Å². The van der Waals surface area contributed by atoms with Crippen molar-refractivity contribution in [3.63, 3.8) is 0 Å². The molecule has 1 N–H and O–H groups in total. The maximum atomic E-state index is 12.5. The molecule has 0 aromatic heterocycles. The van der Waals surface area contributed by atoms with E-state index >= 15 is 0 Å². The van der Waals surface area contributed by atoms with Gasteiger partial charge in [0.2, 0.25) is 5.91 Å². The standard InChI is InChI=1S/C17H25NO3S/c1-12-7-5-6-8-14(12)15(17(2,3)4)18-16(19)13-9-10-22(20,21)11-13/h5-8,13,15H,9-11H2,1-4H3,(H,18,19)/t13-,15-/m0/s1. The van der Waals surface area contributed by atoms with Crippen LogP contribution < -0.4 is 5.32 Å². The molecule has 0 unspecified atom stereocenters. The van der Waals surface area contributed by atoms with Gasteiger partial charge >= 0.3 is 0 Å². The summed E-state index contributed by atoms with van der Waals surface area (Å²) in [4.78, 5) is 12.5. The van der Waals surface area contributed by atoms with Crippen LogP contribution in [-0.2, 0) is 14.6 Å². The monoisotopic (exact) mass is 323 g/mol. The SMILES string of the molecule is Cc1ccccc1[C@H](NC(=O)[C@H]1CCS(=O)(=O)C1)C(C)(C)C. The topological polar surface area (TPSA) is 63.2 Å². The Morgan fingerprint density at radius 1 is 1.27 bits per heavy atom. The highest BCUT2D eigenvalue weighted by Crippen LogP contribution is 2.35. The van der Waals surface area contributed by atoms with E-state index in [9.17, 15) is 13.2 Å². The van der Waals surface area contributed by atoms with Crippen molar-refractivity contribution in [2.24, 2.45) is 11.3 Å². The molecule has 22 heavy (non-hydrogen) atoms. The molecule has 4 nitrogen and oxygen atoms in total. The van der Waals surface area contributed by atoms with Crippen molar-refractivity contribution in [2.45, 2.75) is 40.2 Å². The van der Waals surface area contributed by atoms with Crippen molar-refractivity contribution in [1.29, 1.82) is 0 Å². The lowest BCUT2D eigenvalue weighted by molar-refractivity contribution is -0.125. The zero-order chi connectivity index (χ0) is 16.5. The normalized spacial score (nSPS) is 22.3. The number of carbonyl (C=O) groups excluding carboxylic acids is 1. The van der Waals surface area contributed by atoms with Crippen LogP contribution in [0.2, 0.25) is 0 Å². The predicted octanol–water partition coefficient (Wildman–Crippen LogP) is 2.63. The lowest BCUT2D eigenvalue weighted by Crippen LogP contribution is -2.40. The molecule has 1 aliphatic heterocycles. The molecule has 2 rings (SSSR count). The van der Waals surface area contributed by atoms with Gasteiger partial charge in [-0.15, -0.1) is 0 Å². The minimum atomic E-state index is -3.05. The number of rotatable bonds is 3. The van der Waals surface area contributed by atoms with E-state index in [-0.39, 0.29) is 28.9 Å². The van der Waals surface area contributed by atoms with Crippen LogP contribution in [0.25, 0.3) is 0 Å². The average molecular weight is 323 g/mol. The molecule has 1 fully saturated rings. The van der Waals surface area contributed by atoms with E-state index < -0.39 is 15.8 Å². The summed E-state index contributed by atoms with van der Waals surface area (Å²) in [7, 11) is -3.05. The molecule has 1 aliphatic rings. The molecule has 0 saturated carbocycles. The second-order valence-electron chi connectivity index (χ2n) is 7.26. The van der Waals surface area contributed by atoms with Gasteiger partial charge in [0.1, 0.15) is 0 Å². The zero-order valence-corrected chi connectivity index (χ0v) is 14.5. The third-order valence-corrected chi connectivity index (χ3v) is 6.02. The van der Waals surface area contributed by atoms with Crippen molar-refractivity contribution < 1.29 is 13.2 Å². The van der Waals surface area contributed by atoms with Gasteiger partial charge in [-0.05, 0) is 29.9 Å². The number of hydrogen-bond donors (Lipinski definition) is 1. The van der Waals surface area contributed by atoms with E-state index in [0.717, 1.165) is 11.1 Å². The van der Waals surface area contributed by atoms with Crippen LogP contribution in [0.1, 0.15) is 44.4 Å². The van der Waals surface area contributed by atoms with Crippen LogP contribution in [0, 0.1) is 18.3 Å². The summed E-state index contributed by atoms with van der Waals surface area (Å²) in [5, 5.41) is 3.09. The van der Waals surface area contributed by atoms with Gasteiger partial charge < -0.3 is 5.32 Å². The molecule has 0 radical (unpaired) electrons. The van der Waals surface area contributed by atoms with Crippen LogP contribution in [-0.4, -0.2) is 25.8 Å². The number of nitrogens with one attached hydrogen (secondary N) is 1. The van der Waals surface area contributed by atoms with Gasteiger partial charge in [0.25, 0.3) is 0 Å². The van der Waals surface area contributed by atoms with E-state index in [1.165, 1.54) is 0 Å². The summed E-state index contributed by atoms with van der Waals surface area (Å²) in [6.07, 6.45) is 0.429. The minimum absolute atomic E-state index is 0.0243. The van der Waals surface area contributed by atoms with Gasteiger partial charge in [-0.3, -0.25) is 4.79 Å². The number of hydrogen-bond acceptors (Lipinski definition) is 3. The fourth-order valence-electron chi connectivity index (χ4n) is 2.93. The Kier molecular flexibility index (Phi) is 4.66. The molecule has 1 aromatic carbocycles. The van der Waals surface area contributed by atoms with Crippen LogP contribution in [0.3, 0.4) is 0 Å². The number of benzene rings is 1. The molecule has 0 spiro atoms. The molecular weight excluding hydrogens is 298 g/mol. The number of aryl methyl sites for hydroxylation is 1. The molecule has 2 atom stereocenters. The highest BCUT2D eigenvalue weighted by atomic mass is 32.2. The van der Waals surface area contributed by atoms with Crippen LogP contribution >= 0.6 is 0 Å². The van der Waals surface area contributed by atoms with E-state index in [1.807, 2.05) is 31.2 Å². The Labute approximate surface area is 133 Å². The zero-order valence-electron chi connectivity index (χ0n) is 13.7. The first kappa shape index (κ1) is 17.0. The highest BCUT2D eigenvalue weighted by Gasteiger charge is 2.36. The van der Waals surface area contributed by atoms with E-state index in [0.29, 0.717) is 6.42 Å². The highest BCUT2D eigenvalue weighted by molar-refractivity contribution is 7.91. The molecule has 1 aromatic rings. The Balaban J connectivity index is 2.22. The summed E-state index contributed by atoms with van der Waals surface area (Å²) in [5.74, 6) is -0.470. The second-order valence-corrected chi connectivity index (χ2v) is 9.49. The van der Waals surface area contributed by atoms with Crippen LogP contribution in [0.15, 0.2) is 24.3 Å². The smallest absolute Gasteiger partial charge is 0.224 e. The largest absolute Gasteiger partial charge is 0.348 e. The third kappa shape index (κ3) is 3.88. The van der Waals surface area contributed by atoms with Gasteiger partial charge in [0.05, 0.1) is 23.5 Å². The summed E-state index contributed by atoms with van der Waals surface area (Å²) >= 11 is 0. The van der Waals surface area contributed by atoms with Crippen molar-refractivity contribution in [3.8, 4) is 0 Å². The maximum Gasteiger partial charge on any atom is 0.224 e. The number of amides is 1. The van der Waals surface area contributed by atoms with E-state index in [1.54, 1.807) is 0 Å². The third-order valence-electron chi connectivity index (χ3n) is 4.26. The predicted molar refractivity (Wildman–Crippen MR) is 88.3 cm³/mol. The summed E-state index contributed by atoms with van der Waals surface area (Å²) in [6, 6.07) is 7.86. The van der Waals surface area contributed by atoms with Crippen LogP contribution in [0.4, 0.5) is 0 Å². The Morgan fingerprint density at radius 2 is 1.91 bits per heavy atom. The Hall–Kier alpha value is -1.36. The molecule has 1 amide bonds. The van der Waals surface area contributed by atoms with Gasteiger partial charge in [0.15, 0.2) is 9.84 Å². The average Bonchev–Trinajstić information content (AvgIpc) is 2.76. The minimum Gasteiger partial charge on any atom is -0.348 e. The molecule has 1 saturated heterocycles. The first-order chi connectivity index (χ1) is 10.1. The second kappa shape index (κ2) is 6.03. The van der Waals surface area contributed by atoms with Crippen molar-refractivity contribution >= 4 is 15.7 Å². The first-order valence-electron chi connectivity index (χ1n) is 7.66. The lowest BCUT2D eigenvalue weighted by atomic mass is 9.80. The van der Waals surface area contributed by atoms with Gasteiger partial charge in [-0.2, -0.15) is 0 Å². The molecule has 0 aliphatic carbocycles. The first-order valence-corrected chi connectivity index (χ1v) is 9.48. The Bertz CT molecular complexity index is 659. The summed E-state index contributed by atoms with van der Waals surface area (Å²) in [6.45, 7) is 8.27. The number of sulfone groups is 1. The molecular formula is C17H25NO3S. The lowest BCUT2D eigenvalue weighted by Gasteiger charge is -2.33. The van der Waals surface area contributed by atoms with Crippen molar-refractivity contribution in [2.75, 3.05) is 11.5 Å². The van der Waals surface area contributed by atoms with Crippen LogP contribution in [0.5, 0.6) is 0 Å². The fraction of sp³-hybridized carbons (Fsp3) is 0.588. The molecule has 122 valence electrons. The van der Waals surface area contributed by atoms with Crippen molar-refractivity contribution in [1.82, 2.24) is 5.32 Å². The van der Waals surface area contributed by atoms with Gasteiger partial charge in [-0.25, -0.2) is 8.42 Å². The fourth-order valence-corrected chi connectivity index (χ4v) is 4.67. The number of carbonyl (C=O) groups is 1. The summed E-state index contributed by atoms with van der Waals surface area (Å²) in [5.41, 5.74) is 2.06. The Morgan fingerprint density at radius 3 is 2.41 bits per heavy atom. The van der Waals surface area contributed by atoms with Gasteiger partial charge in [-0.1, -0.05) is 45.0 Å². The van der Waals surface area contributed by atoms with Gasteiger partial charge in [0, 0.05) is 0 Å². The molecule has 0 bridgehead atoms. The summed E-state index contributed by atoms with van der Waals surface area (Å²) < 4.78 is 23.1. The van der Waals surface area contributed by atoms with Crippen molar-refractivity contribution in [3.05, 3.63) is 35.4 Å². The molecule has 5 heteroatoms. The maximum absolute atomic E-state index is 12.5. The molecule has 1 heterocycles.